The maximum Gasteiger partial charge on any atom is 0.202 e. The van der Waals surface area contributed by atoms with Crippen LogP contribution in [-0.2, 0) is 25.4 Å². The van der Waals surface area contributed by atoms with Gasteiger partial charge in [-0.3, -0.25) is 9.59 Å². The lowest BCUT2D eigenvalue weighted by molar-refractivity contribution is -0.244. The summed E-state index contributed by atoms with van der Waals surface area (Å²) in [4.78, 5) is 27.0. The van der Waals surface area contributed by atoms with Gasteiger partial charge in [0.05, 0.1) is 23.8 Å². The van der Waals surface area contributed by atoms with Gasteiger partial charge >= 0.3 is 0 Å². The maximum absolute atomic E-state index is 13.5. The fourth-order valence-corrected chi connectivity index (χ4v) is 5.99. The Kier molecular flexibility index (Phi) is 4.03. The molecule has 0 aromatic heterocycles. The van der Waals surface area contributed by atoms with Crippen molar-refractivity contribution in [1.29, 1.82) is 0 Å². The molecule has 2 heterocycles. The predicted molar refractivity (Wildman–Crippen MR) is 115 cm³/mol. The molecule has 6 rings (SSSR count). The van der Waals surface area contributed by atoms with Crippen molar-refractivity contribution < 1.29 is 43.5 Å². The summed E-state index contributed by atoms with van der Waals surface area (Å²) in [5.74, 6) is -3.96. The molecule has 0 saturated carbocycles. The summed E-state index contributed by atoms with van der Waals surface area (Å²) < 4.78 is 29.4. The standard InChI is InChI=1S/C25H24O9/c1-23(2)33-24(3,31-5)25(34-23)9-11-14(21-22(25)32-21)20(29)16-15(18(11)27)17(26)10-7-6-8-12(30-4)13(10)19(16)28/h6-8,21-22,27,29H,9H2,1-5H3/t21-,22-,24?,25-/m0/s1. The van der Waals surface area contributed by atoms with Crippen LogP contribution in [0.2, 0.25) is 0 Å². The molecule has 2 aromatic carbocycles. The number of phenolic OH excluding ortho intramolecular Hbond substituents is 2. The highest BCUT2D eigenvalue weighted by Crippen LogP contribution is 2.65. The highest BCUT2D eigenvalue weighted by Gasteiger charge is 2.75. The second kappa shape index (κ2) is 6.37. The zero-order valence-corrected chi connectivity index (χ0v) is 19.3. The second-order valence-corrected chi connectivity index (χ2v) is 9.68. The van der Waals surface area contributed by atoms with Crippen molar-refractivity contribution in [3.8, 4) is 17.2 Å². The number of phenols is 2. The van der Waals surface area contributed by atoms with Crippen LogP contribution in [0.4, 0.5) is 0 Å². The average Bonchev–Trinajstić information content (AvgIpc) is 3.56. The number of rotatable bonds is 2. The van der Waals surface area contributed by atoms with E-state index in [4.69, 9.17) is 23.7 Å². The molecule has 1 unspecified atom stereocenters. The first-order chi connectivity index (χ1) is 16.0. The first-order valence-electron chi connectivity index (χ1n) is 11.0. The van der Waals surface area contributed by atoms with E-state index in [0.717, 1.165) is 0 Å². The number of epoxide rings is 1. The average molecular weight is 468 g/mol. The molecule has 2 aliphatic heterocycles. The summed E-state index contributed by atoms with van der Waals surface area (Å²) in [5.41, 5.74) is -0.940. The van der Waals surface area contributed by atoms with E-state index < -0.39 is 40.9 Å². The van der Waals surface area contributed by atoms with Crippen molar-refractivity contribution in [3.63, 3.8) is 0 Å². The summed E-state index contributed by atoms with van der Waals surface area (Å²) >= 11 is 0. The zero-order valence-electron chi connectivity index (χ0n) is 19.3. The number of aromatic hydroxyl groups is 2. The Morgan fingerprint density at radius 1 is 0.971 bits per heavy atom. The molecule has 2 aliphatic carbocycles. The number of carbonyl (C=O) groups is 2. The van der Waals surface area contributed by atoms with Crippen LogP contribution in [0.15, 0.2) is 18.2 Å². The lowest BCUT2D eigenvalue weighted by atomic mass is 9.72. The van der Waals surface area contributed by atoms with E-state index in [9.17, 15) is 19.8 Å². The van der Waals surface area contributed by atoms with Crippen molar-refractivity contribution in [2.75, 3.05) is 14.2 Å². The van der Waals surface area contributed by atoms with E-state index in [1.165, 1.54) is 20.3 Å². The Hall–Kier alpha value is -2.98. The van der Waals surface area contributed by atoms with Crippen LogP contribution in [0.25, 0.3) is 0 Å². The Bertz CT molecular complexity index is 1310. The van der Waals surface area contributed by atoms with Crippen LogP contribution in [0.5, 0.6) is 17.2 Å². The topological polar surface area (TPSA) is 124 Å². The molecule has 34 heavy (non-hydrogen) atoms. The minimum Gasteiger partial charge on any atom is -0.507 e. The summed E-state index contributed by atoms with van der Waals surface area (Å²) in [5, 5.41) is 22.7. The summed E-state index contributed by atoms with van der Waals surface area (Å²) in [7, 11) is 2.89. The number of ether oxygens (including phenoxy) is 5. The third-order valence-corrected chi connectivity index (χ3v) is 7.46. The van der Waals surface area contributed by atoms with Crippen molar-refractivity contribution in [2.45, 2.75) is 56.6 Å². The summed E-state index contributed by atoms with van der Waals surface area (Å²) in [6, 6.07) is 4.66. The highest BCUT2D eigenvalue weighted by molar-refractivity contribution is 6.31. The molecule has 2 fully saturated rings. The van der Waals surface area contributed by atoms with Crippen molar-refractivity contribution in [3.05, 3.63) is 51.6 Å². The molecule has 4 aliphatic rings. The number of hydrogen-bond acceptors (Lipinski definition) is 9. The number of benzene rings is 2. The van der Waals surface area contributed by atoms with Crippen LogP contribution >= 0.6 is 0 Å². The van der Waals surface area contributed by atoms with Gasteiger partial charge in [0.1, 0.15) is 29.5 Å². The monoisotopic (exact) mass is 468 g/mol. The summed E-state index contributed by atoms with van der Waals surface area (Å²) in [6.07, 6.45) is -1.18. The molecule has 2 N–H and O–H groups in total. The van der Waals surface area contributed by atoms with E-state index in [0.29, 0.717) is 0 Å². The third kappa shape index (κ3) is 2.37. The lowest BCUT2D eigenvalue weighted by Crippen LogP contribution is -2.58. The smallest absolute Gasteiger partial charge is 0.202 e. The SMILES string of the molecule is COc1cccc2c1C(=O)c1c(O)c3c(c(O)c1C2=O)C[C@]1(OC(C)(C)OC1(C)OC)[C@H]1O[C@@H]31. The minimum absolute atomic E-state index is 0.0381. The van der Waals surface area contributed by atoms with Gasteiger partial charge in [-0.1, -0.05) is 12.1 Å². The molecule has 9 nitrogen and oxygen atoms in total. The summed E-state index contributed by atoms with van der Waals surface area (Å²) in [6.45, 7) is 5.24. The highest BCUT2D eigenvalue weighted by atomic mass is 16.9. The second-order valence-electron chi connectivity index (χ2n) is 9.68. The molecule has 9 heteroatoms. The normalized spacial score (nSPS) is 32.1. The Morgan fingerprint density at radius 2 is 1.68 bits per heavy atom. The molecule has 0 radical (unpaired) electrons. The fraction of sp³-hybridized carbons (Fsp3) is 0.440. The maximum atomic E-state index is 13.5. The zero-order chi connectivity index (χ0) is 24.4. The number of hydrogen-bond donors (Lipinski definition) is 2. The van der Waals surface area contributed by atoms with Gasteiger partial charge in [0.2, 0.25) is 11.6 Å². The van der Waals surface area contributed by atoms with Gasteiger partial charge in [0.25, 0.3) is 0 Å². The molecule has 1 spiro atoms. The van der Waals surface area contributed by atoms with Gasteiger partial charge < -0.3 is 33.9 Å². The van der Waals surface area contributed by atoms with E-state index in [1.54, 1.807) is 32.9 Å². The Labute approximate surface area is 195 Å². The van der Waals surface area contributed by atoms with Crippen LogP contribution in [-0.4, -0.2) is 59.3 Å². The molecule has 178 valence electrons. The molecule has 0 bridgehead atoms. The quantitative estimate of drug-likeness (QED) is 0.431. The number of fused-ring (bicyclic) bond motifs is 6. The van der Waals surface area contributed by atoms with Crippen molar-refractivity contribution in [2.24, 2.45) is 0 Å². The Morgan fingerprint density at radius 3 is 2.35 bits per heavy atom. The van der Waals surface area contributed by atoms with Gasteiger partial charge in [-0.25, -0.2) is 0 Å². The van der Waals surface area contributed by atoms with Gasteiger partial charge in [0, 0.05) is 30.2 Å². The van der Waals surface area contributed by atoms with E-state index in [-0.39, 0.29) is 57.1 Å². The van der Waals surface area contributed by atoms with Gasteiger partial charge in [-0.15, -0.1) is 0 Å². The molecule has 2 aromatic rings. The van der Waals surface area contributed by atoms with Gasteiger partial charge in [0.15, 0.2) is 17.2 Å². The van der Waals surface area contributed by atoms with Crippen LogP contribution in [0, 0.1) is 0 Å². The van der Waals surface area contributed by atoms with Gasteiger partial charge in [-0.05, 0) is 26.8 Å². The van der Waals surface area contributed by atoms with Crippen molar-refractivity contribution in [1.82, 2.24) is 0 Å². The molecule has 2 saturated heterocycles. The predicted octanol–water partition coefficient (Wildman–Crippen LogP) is 2.76. The van der Waals surface area contributed by atoms with Crippen LogP contribution in [0.3, 0.4) is 0 Å². The Balaban J connectivity index is 1.58. The van der Waals surface area contributed by atoms with Gasteiger partial charge in [-0.2, -0.15) is 0 Å². The number of ketones is 2. The molecular weight excluding hydrogens is 444 g/mol. The van der Waals surface area contributed by atoms with E-state index >= 15 is 0 Å². The first-order valence-corrected chi connectivity index (χ1v) is 11.0. The lowest BCUT2D eigenvalue weighted by Gasteiger charge is -2.41. The molecular formula is C25H24O9. The minimum atomic E-state index is -1.23. The third-order valence-electron chi connectivity index (χ3n) is 7.46. The van der Waals surface area contributed by atoms with E-state index in [2.05, 4.69) is 0 Å². The van der Waals surface area contributed by atoms with Crippen molar-refractivity contribution >= 4 is 11.6 Å². The number of methoxy groups -OCH3 is 2. The first kappa shape index (κ1) is 21.5. The molecule has 0 amide bonds. The number of carbonyl (C=O) groups excluding carboxylic acids is 2. The van der Waals surface area contributed by atoms with E-state index in [1.807, 2.05) is 0 Å². The van der Waals surface area contributed by atoms with Crippen LogP contribution in [0.1, 0.15) is 69.8 Å². The molecule has 4 atom stereocenters. The largest absolute Gasteiger partial charge is 0.507 e. The fourth-order valence-electron chi connectivity index (χ4n) is 5.99. The van der Waals surface area contributed by atoms with Crippen LogP contribution < -0.4 is 4.74 Å².